The van der Waals surface area contributed by atoms with Crippen molar-refractivity contribution in [3.63, 3.8) is 0 Å². The van der Waals surface area contributed by atoms with Crippen LogP contribution in [0.25, 0.3) is 0 Å². The van der Waals surface area contributed by atoms with E-state index in [-0.39, 0.29) is 16.6 Å². The van der Waals surface area contributed by atoms with Crippen molar-refractivity contribution in [2.24, 2.45) is 0 Å². The Hall–Kier alpha value is -2.83. The molecule has 0 bridgehead atoms. The fraction of sp³-hybridized carbons (Fsp3) is 0.292. The van der Waals surface area contributed by atoms with Crippen LogP contribution in [0.4, 0.5) is 11.4 Å². The molecule has 3 amide bonds. The van der Waals surface area contributed by atoms with E-state index in [0.29, 0.717) is 28.4 Å². The maximum atomic E-state index is 13.0. The van der Waals surface area contributed by atoms with Gasteiger partial charge in [0, 0.05) is 23.8 Å². The zero-order valence-electron chi connectivity index (χ0n) is 17.7. The zero-order valence-corrected chi connectivity index (χ0v) is 19.2. The van der Waals surface area contributed by atoms with Gasteiger partial charge in [0.2, 0.25) is 5.91 Å². The third-order valence-electron chi connectivity index (χ3n) is 5.79. The molecule has 4 rings (SSSR count). The summed E-state index contributed by atoms with van der Waals surface area (Å²) in [6.07, 6.45) is 3.63. The van der Waals surface area contributed by atoms with E-state index in [1.165, 1.54) is 6.42 Å². The fourth-order valence-electron chi connectivity index (χ4n) is 3.95. The minimum atomic E-state index is -0.603. The number of piperidine rings is 1. The Kier molecular flexibility index (Phi) is 6.53. The molecule has 0 aliphatic carbocycles. The number of nitrogens with zero attached hydrogens (tertiary/aromatic N) is 2. The SMILES string of the molecule is Cc1c(Cl)cccc1N1C(=O)C(Cl)=C(Nc2ccc(CC(=O)N3CCCCC3)cc2)C1=O. The van der Waals surface area contributed by atoms with Gasteiger partial charge in [-0.2, -0.15) is 0 Å². The first-order valence-electron chi connectivity index (χ1n) is 10.5. The monoisotopic (exact) mass is 471 g/mol. The van der Waals surface area contributed by atoms with Crippen LogP contribution in [0, 0.1) is 6.92 Å². The summed E-state index contributed by atoms with van der Waals surface area (Å²) in [7, 11) is 0. The van der Waals surface area contributed by atoms with Gasteiger partial charge in [-0.3, -0.25) is 14.4 Å². The van der Waals surface area contributed by atoms with Crippen molar-refractivity contribution in [1.82, 2.24) is 4.90 Å². The summed E-state index contributed by atoms with van der Waals surface area (Å²) in [5.74, 6) is -1.02. The van der Waals surface area contributed by atoms with E-state index in [4.69, 9.17) is 23.2 Å². The molecule has 8 heteroatoms. The lowest BCUT2D eigenvalue weighted by molar-refractivity contribution is -0.131. The average Bonchev–Trinajstić information content (AvgIpc) is 3.01. The number of amides is 3. The average molecular weight is 472 g/mol. The van der Waals surface area contributed by atoms with Crippen molar-refractivity contribution in [3.8, 4) is 0 Å². The largest absolute Gasteiger partial charge is 0.350 e. The molecule has 2 aromatic carbocycles. The zero-order chi connectivity index (χ0) is 22.8. The van der Waals surface area contributed by atoms with Crippen molar-refractivity contribution < 1.29 is 14.4 Å². The highest BCUT2D eigenvalue weighted by Gasteiger charge is 2.39. The lowest BCUT2D eigenvalue weighted by Gasteiger charge is -2.26. The molecule has 2 heterocycles. The van der Waals surface area contributed by atoms with Crippen LogP contribution in [0.1, 0.15) is 30.4 Å². The number of carbonyl (C=O) groups excluding carboxylic acids is 3. The van der Waals surface area contributed by atoms with Gasteiger partial charge in [0.25, 0.3) is 11.8 Å². The Balaban J connectivity index is 1.46. The van der Waals surface area contributed by atoms with Gasteiger partial charge in [-0.1, -0.05) is 41.4 Å². The van der Waals surface area contributed by atoms with Crippen LogP contribution in [0.5, 0.6) is 0 Å². The van der Waals surface area contributed by atoms with Crippen LogP contribution in [-0.2, 0) is 20.8 Å². The first-order valence-corrected chi connectivity index (χ1v) is 11.3. The highest BCUT2D eigenvalue weighted by atomic mass is 35.5. The number of nitrogens with one attached hydrogen (secondary N) is 1. The topological polar surface area (TPSA) is 69.7 Å². The van der Waals surface area contributed by atoms with Gasteiger partial charge >= 0.3 is 0 Å². The van der Waals surface area contributed by atoms with Crippen molar-refractivity contribution >= 4 is 52.3 Å². The molecule has 0 spiro atoms. The highest BCUT2D eigenvalue weighted by molar-refractivity contribution is 6.53. The Morgan fingerprint density at radius 1 is 0.969 bits per heavy atom. The number of benzene rings is 2. The van der Waals surface area contributed by atoms with Crippen LogP contribution in [-0.4, -0.2) is 35.7 Å². The summed E-state index contributed by atoms with van der Waals surface area (Å²) in [6, 6.07) is 12.2. The maximum Gasteiger partial charge on any atom is 0.283 e. The third kappa shape index (κ3) is 4.38. The molecule has 2 aliphatic rings. The smallest absolute Gasteiger partial charge is 0.283 e. The summed E-state index contributed by atoms with van der Waals surface area (Å²) in [4.78, 5) is 41.1. The summed E-state index contributed by atoms with van der Waals surface area (Å²) in [5, 5.41) is 3.23. The van der Waals surface area contributed by atoms with E-state index >= 15 is 0 Å². The standard InChI is InChI=1S/C24H23Cl2N3O3/c1-15-18(25)6-5-7-19(15)29-23(31)21(26)22(24(29)32)27-17-10-8-16(9-11-17)14-20(30)28-12-3-2-4-13-28/h5-11,27H,2-4,12-14H2,1H3. The number of carbonyl (C=O) groups is 3. The Morgan fingerprint density at radius 2 is 1.66 bits per heavy atom. The molecule has 1 saturated heterocycles. The Labute approximate surface area is 196 Å². The van der Waals surface area contributed by atoms with E-state index in [9.17, 15) is 14.4 Å². The van der Waals surface area contributed by atoms with Crippen molar-refractivity contribution in [2.45, 2.75) is 32.6 Å². The normalized spacial score (nSPS) is 16.7. The van der Waals surface area contributed by atoms with Gasteiger partial charge in [-0.05, 0) is 61.6 Å². The predicted octanol–water partition coefficient (Wildman–Crippen LogP) is 4.64. The van der Waals surface area contributed by atoms with Gasteiger partial charge in [0.05, 0.1) is 12.1 Å². The number of likely N-dealkylation sites (tertiary alicyclic amines) is 1. The molecule has 166 valence electrons. The van der Waals surface area contributed by atoms with Gasteiger partial charge in [0.1, 0.15) is 10.7 Å². The Bertz CT molecular complexity index is 1110. The molecule has 2 aliphatic heterocycles. The summed E-state index contributed by atoms with van der Waals surface area (Å²) in [6.45, 7) is 3.38. The summed E-state index contributed by atoms with van der Waals surface area (Å²) < 4.78 is 0. The molecule has 2 aromatic rings. The minimum Gasteiger partial charge on any atom is -0.350 e. The molecule has 0 saturated carbocycles. The molecule has 0 atom stereocenters. The second kappa shape index (κ2) is 9.35. The van der Waals surface area contributed by atoms with E-state index in [1.807, 2.05) is 17.0 Å². The van der Waals surface area contributed by atoms with Crippen molar-refractivity contribution in [3.05, 3.63) is 69.3 Å². The molecule has 0 aromatic heterocycles. The second-order valence-corrected chi connectivity index (χ2v) is 8.74. The molecule has 1 fully saturated rings. The molecule has 32 heavy (non-hydrogen) atoms. The Morgan fingerprint density at radius 3 is 2.34 bits per heavy atom. The van der Waals surface area contributed by atoms with Gasteiger partial charge < -0.3 is 10.2 Å². The number of hydrogen-bond donors (Lipinski definition) is 1. The molecule has 6 nitrogen and oxygen atoms in total. The van der Waals surface area contributed by atoms with Crippen LogP contribution in [0.2, 0.25) is 5.02 Å². The van der Waals surface area contributed by atoms with Crippen LogP contribution < -0.4 is 10.2 Å². The number of rotatable bonds is 5. The third-order valence-corrected chi connectivity index (χ3v) is 6.55. The molecular weight excluding hydrogens is 449 g/mol. The summed E-state index contributed by atoms with van der Waals surface area (Å²) in [5.41, 5.74) is 2.50. The van der Waals surface area contributed by atoms with Gasteiger partial charge in [0.15, 0.2) is 0 Å². The lowest BCUT2D eigenvalue weighted by Crippen LogP contribution is -2.36. The van der Waals surface area contributed by atoms with Gasteiger partial charge in [-0.15, -0.1) is 0 Å². The van der Waals surface area contributed by atoms with E-state index < -0.39 is 11.8 Å². The molecule has 0 unspecified atom stereocenters. The van der Waals surface area contributed by atoms with E-state index in [0.717, 1.165) is 36.4 Å². The van der Waals surface area contributed by atoms with E-state index in [2.05, 4.69) is 5.32 Å². The number of anilines is 2. The number of hydrogen-bond acceptors (Lipinski definition) is 4. The predicted molar refractivity (Wildman–Crippen MR) is 126 cm³/mol. The minimum absolute atomic E-state index is 0.00758. The number of imide groups is 1. The van der Waals surface area contributed by atoms with Crippen LogP contribution in [0.3, 0.4) is 0 Å². The van der Waals surface area contributed by atoms with Crippen LogP contribution >= 0.6 is 23.2 Å². The highest BCUT2D eigenvalue weighted by Crippen LogP contribution is 2.34. The maximum absolute atomic E-state index is 13.0. The quantitative estimate of drug-likeness (QED) is 0.644. The lowest BCUT2D eigenvalue weighted by atomic mass is 10.1. The first-order chi connectivity index (χ1) is 15.4. The summed E-state index contributed by atoms with van der Waals surface area (Å²) >= 11 is 12.4. The molecule has 1 N–H and O–H groups in total. The number of halogens is 2. The van der Waals surface area contributed by atoms with E-state index in [1.54, 1.807) is 37.3 Å². The van der Waals surface area contributed by atoms with Gasteiger partial charge in [-0.25, -0.2) is 4.90 Å². The van der Waals surface area contributed by atoms with Crippen LogP contribution in [0.15, 0.2) is 53.2 Å². The molecular formula is C24H23Cl2N3O3. The fourth-order valence-corrected chi connectivity index (χ4v) is 4.33. The molecule has 0 radical (unpaired) electrons. The first kappa shape index (κ1) is 22.4. The van der Waals surface area contributed by atoms with Crippen molar-refractivity contribution in [1.29, 1.82) is 0 Å². The van der Waals surface area contributed by atoms with Crippen molar-refractivity contribution in [2.75, 3.05) is 23.3 Å². The second-order valence-electron chi connectivity index (χ2n) is 7.96.